The third-order valence-electron chi connectivity index (χ3n) is 5.80. The van der Waals surface area contributed by atoms with Gasteiger partial charge in [-0.3, -0.25) is 9.69 Å². The summed E-state index contributed by atoms with van der Waals surface area (Å²) in [5.41, 5.74) is 1.34. The van der Waals surface area contributed by atoms with E-state index in [4.69, 9.17) is 5.26 Å². The summed E-state index contributed by atoms with van der Waals surface area (Å²) in [4.78, 5) is 16.6. The first-order chi connectivity index (χ1) is 12.7. The summed E-state index contributed by atoms with van der Waals surface area (Å²) in [6, 6.07) is 12.9. The lowest BCUT2D eigenvalue weighted by Gasteiger charge is -2.37. The highest BCUT2D eigenvalue weighted by atomic mass is 16.1. The first-order valence-electron chi connectivity index (χ1n) is 9.93. The van der Waals surface area contributed by atoms with Gasteiger partial charge in [0.1, 0.15) is 6.42 Å². The molecule has 5 nitrogen and oxygen atoms in total. The van der Waals surface area contributed by atoms with Gasteiger partial charge < -0.3 is 10.2 Å². The molecule has 2 fully saturated rings. The van der Waals surface area contributed by atoms with Crippen molar-refractivity contribution < 1.29 is 4.79 Å². The molecule has 0 bridgehead atoms. The van der Waals surface area contributed by atoms with E-state index in [0.717, 1.165) is 44.9 Å². The highest BCUT2D eigenvalue weighted by Crippen LogP contribution is 2.27. The van der Waals surface area contributed by atoms with Crippen LogP contribution >= 0.6 is 0 Å². The van der Waals surface area contributed by atoms with Gasteiger partial charge in [-0.2, -0.15) is 5.26 Å². The lowest BCUT2D eigenvalue weighted by atomic mass is 9.84. The predicted molar refractivity (Wildman–Crippen MR) is 104 cm³/mol. The van der Waals surface area contributed by atoms with Crippen molar-refractivity contribution in [3.8, 4) is 6.07 Å². The Morgan fingerprint density at radius 1 is 1.08 bits per heavy atom. The van der Waals surface area contributed by atoms with E-state index in [0.29, 0.717) is 0 Å². The predicted octanol–water partition coefficient (Wildman–Crippen LogP) is 2.79. The maximum absolute atomic E-state index is 11.5. The average molecular weight is 354 g/mol. The van der Waals surface area contributed by atoms with Crippen LogP contribution in [0.2, 0.25) is 0 Å². The Hall–Kier alpha value is -2.06. The average Bonchev–Trinajstić information content (AvgIpc) is 2.69. The van der Waals surface area contributed by atoms with Gasteiger partial charge in [-0.05, 0) is 56.7 Å². The van der Waals surface area contributed by atoms with Gasteiger partial charge in [0.05, 0.1) is 6.07 Å². The Labute approximate surface area is 157 Å². The number of piperazine rings is 1. The van der Waals surface area contributed by atoms with E-state index >= 15 is 0 Å². The third-order valence-corrected chi connectivity index (χ3v) is 5.80. The number of nitrogens with one attached hydrogen (secondary N) is 1. The van der Waals surface area contributed by atoms with Crippen LogP contribution in [0.25, 0.3) is 0 Å². The molecule has 1 aromatic carbocycles. The van der Waals surface area contributed by atoms with Crippen LogP contribution in [0.5, 0.6) is 0 Å². The van der Waals surface area contributed by atoms with Crippen LogP contribution in [-0.4, -0.2) is 49.6 Å². The smallest absolute Gasteiger partial charge is 0.234 e. The molecule has 2 aliphatic rings. The number of nitriles is 1. The molecular weight excluding hydrogens is 324 g/mol. The summed E-state index contributed by atoms with van der Waals surface area (Å²) in [5.74, 6) is 0.665. The fourth-order valence-corrected chi connectivity index (χ4v) is 4.18. The van der Waals surface area contributed by atoms with Gasteiger partial charge in [-0.1, -0.05) is 18.2 Å². The van der Waals surface area contributed by atoms with Crippen LogP contribution in [0.4, 0.5) is 5.69 Å². The lowest BCUT2D eigenvalue weighted by molar-refractivity contribution is -0.121. The molecule has 1 saturated carbocycles. The van der Waals surface area contributed by atoms with E-state index in [1.165, 1.54) is 31.5 Å². The van der Waals surface area contributed by atoms with E-state index < -0.39 is 0 Å². The van der Waals surface area contributed by atoms with Crippen LogP contribution in [0.1, 0.15) is 38.5 Å². The number of anilines is 1. The molecule has 5 heteroatoms. The number of para-hydroxylation sites is 1. The molecule has 1 aromatic rings. The van der Waals surface area contributed by atoms with E-state index in [1.54, 1.807) is 0 Å². The minimum atomic E-state index is -0.118. The van der Waals surface area contributed by atoms with Crippen molar-refractivity contribution in [3.05, 3.63) is 30.3 Å². The molecule has 1 aliphatic heterocycles. The maximum atomic E-state index is 11.5. The van der Waals surface area contributed by atoms with Crippen LogP contribution < -0.4 is 10.2 Å². The Balaban J connectivity index is 1.31. The molecule has 0 atom stereocenters. The minimum absolute atomic E-state index is 0.0190. The summed E-state index contributed by atoms with van der Waals surface area (Å²) in [7, 11) is 0. The fourth-order valence-electron chi connectivity index (χ4n) is 4.18. The number of hydrogen-bond acceptors (Lipinski definition) is 4. The number of rotatable bonds is 6. The summed E-state index contributed by atoms with van der Waals surface area (Å²) < 4.78 is 0. The van der Waals surface area contributed by atoms with Crippen molar-refractivity contribution >= 4 is 11.6 Å². The molecule has 1 amide bonds. The molecule has 0 spiro atoms. The summed E-state index contributed by atoms with van der Waals surface area (Å²) in [5, 5.41) is 11.6. The standard InChI is InChI=1S/C21H30N4O/c22-12-10-21(26)23-19-8-6-18(7-9-19)11-13-24-14-16-25(17-15-24)20-4-2-1-3-5-20/h1-5,18-19H,6-11,13-17H2,(H,23,26). The van der Waals surface area contributed by atoms with Gasteiger partial charge in [0.15, 0.2) is 0 Å². The van der Waals surface area contributed by atoms with Crippen LogP contribution in [0.3, 0.4) is 0 Å². The summed E-state index contributed by atoms with van der Waals surface area (Å²) in [6.45, 7) is 5.71. The van der Waals surface area contributed by atoms with Gasteiger partial charge in [-0.15, -0.1) is 0 Å². The highest BCUT2D eigenvalue weighted by molar-refractivity contribution is 5.78. The van der Waals surface area contributed by atoms with Crippen molar-refractivity contribution in [1.29, 1.82) is 5.26 Å². The van der Waals surface area contributed by atoms with Crippen LogP contribution in [0.15, 0.2) is 30.3 Å². The summed E-state index contributed by atoms with van der Waals surface area (Å²) in [6.07, 6.45) is 5.76. The third kappa shape index (κ3) is 5.47. The van der Waals surface area contributed by atoms with Crippen molar-refractivity contribution in [2.75, 3.05) is 37.6 Å². The number of amides is 1. The SMILES string of the molecule is N#CCC(=O)NC1CCC(CCN2CCN(c3ccccc3)CC2)CC1. The van der Waals surface area contributed by atoms with Crippen LogP contribution in [0, 0.1) is 17.2 Å². The normalized spacial score (nSPS) is 24.0. The molecule has 26 heavy (non-hydrogen) atoms. The van der Waals surface area contributed by atoms with Crippen molar-refractivity contribution in [2.45, 2.75) is 44.6 Å². The molecule has 1 N–H and O–H groups in total. The van der Waals surface area contributed by atoms with Gasteiger partial charge in [0.25, 0.3) is 0 Å². The van der Waals surface area contributed by atoms with E-state index in [-0.39, 0.29) is 18.4 Å². The molecule has 1 saturated heterocycles. The van der Waals surface area contributed by atoms with E-state index in [2.05, 4.69) is 45.4 Å². The largest absolute Gasteiger partial charge is 0.369 e. The maximum Gasteiger partial charge on any atom is 0.234 e. The Morgan fingerprint density at radius 3 is 2.42 bits per heavy atom. The first kappa shape index (κ1) is 18.7. The quantitative estimate of drug-likeness (QED) is 0.853. The Bertz CT molecular complexity index is 596. The molecule has 3 rings (SSSR count). The number of benzene rings is 1. The second-order valence-electron chi connectivity index (χ2n) is 7.57. The molecule has 0 aromatic heterocycles. The van der Waals surface area contributed by atoms with Crippen molar-refractivity contribution in [3.63, 3.8) is 0 Å². The molecule has 1 heterocycles. The summed E-state index contributed by atoms with van der Waals surface area (Å²) >= 11 is 0. The van der Waals surface area contributed by atoms with Crippen molar-refractivity contribution in [2.24, 2.45) is 5.92 Å². The van der Waals surface area contributed by atoms with Crippen molar-refractivity contribution in [1.82, 2.24) is 10.2 Å². The van der Waals surface area contributed by atoms with Gasteiger partial charge >= 0.3 is 0 Å². The molecule has 1 aliphatic carbocycles. The first-order valence-corrected chi connectivity index (χ1v) is 9.93. The van der Waals surface area contributed by atoms with Gasteiger partial charge in [-0.25, -0.2) is 0 Å². The Morgan fingerprint density at radius 2 is 1.77 bits per heavy atom. The van der Waals surface area contributed by atoms with E-state index in [1.807, 2.05) is 6.07 Å². The zero-order valence-corrected chi connectivity index (χ0v) is 15.6. The number of carbonyl (C=O) groups is 1. The molecule has 140 valence electrons. The number of nitrogens with zero attached hydrogens (tertiary/aromatic N) is 3. The second kappa shape index (κ2) is 9.59. The Kier molecular flexibility index (Phi) is 6.90. The highest BCUT2D eigenvalue weighted by Gasteiger charge is 2.23. The second-order valence-corrected chi connectivity index (χ2v) is 7.57. The monoisotopic (exact) mass is 354 g/mol. The molecular formula is C21H30N4O. The minimum Gasteiger partial charge on any atom is -0.369 e. The number of hydrogen-bond donors (Lipinski definition) is 1. The topological polar surface area (TPSA) is 59.4 Å². The van der Waals surface area contributed by atoms with E-state index in [9.17, 15) is 4.79 Å². The zero-order valence-electron chi connectivity index (χ0n) is 15.6. The fraction of sp³-hybridized carbons (Fsp3) is 0.619. The van der Waals surface area contributed by atoms with Gasteiger partial charge in [0.2, 0.25) is 5.91 Å². The lowest BCUT2D eigenvalue weighted by Crippen LogP contribution is -2.47. The van der Waals surface area contributed by atoms with Crippen LogP contribution in [-0.2, 0) is 4.79 Å². The molecule has 0 radical (unpaired) electrons. The van der Waals surface area contributed by atoms with Gasteiger partial charge in [0, 0.05) is 37.9 Å². The zero-order chi connectivity index (χ0) is 18.2. The molecule has 0 unspecified atom stereocenters. The number of carbonyl (C=O) groups excluding carboxylic acids is 1.